The first kappa shape index (κ1) is 16.6. The summed E-state index contributed by atoms with van der Waals surface area (Å²) in [6.45, 7) is -0.110. The minimum absolute atomic E-state index is 0.0323. The second-order valence-corrected chi connectivity index (χ2v) is 7.71. The van der Waals surface area contributed by atoms with Crippen molar-refractivity contribution in [1.82, 2.24) is 9.79 Å². The van der Waals surface area contributed by atoms with Crippen molar-refractivity contribution in [2.75, 3.05) is 13.7 Å². The third-order valence-corrected chi connectivity index (χ3v) is 6.13. The van der Waals surface area contributed by atoms with Gasteiger partial charge in [0.1, 0.15) is 16.7 Å². The van der Waals surface area contributed by atoms with Crippen LogP contribution in [0.2, 0.25) is 0 Å². The fraction of sp³-hybridized carbons (Fsp3) is 0.167. The third-order valence-electron chi connectivity index (χ3n) is 4.33. The average Bonchev–Trinajstić information content (AvgIpc) is 3.20. The monoisotopic (exact) mass is 372 g/mol. The Morgan fingerprint density at radius 1 is 1.12 bits per heavy atom. The molecule has 26 heavy (non-hydrogen) atoms. The van der Waals surface area contributed by atoms with Crippen LogP contribution in [0.4, 0.5) is 0 Å². The molecule has 2 aliphatic heterocycles. The Kier molecular flexibility index (Phi) is 3.93. The van der Waals surface area contributed by atoms with Gasteiger partial charge in [-0.25, -0.2) is 12.7 Å². The number of rotatable bonds is 4. The zero-order chi connectivity index (χ0) is 18.3. The van der Waals surface area contributed by atoms with E-state index in [1.54, 1.807) is 25.3 Å². The van der Waals surface area contributed by atoms with Crippen LogP contribution in [0.1, 0.15) is 15.9 Å². The van der Waals surface area contributed by atoms with Crippen molar-refractivity contribution in [3.05, 3.63) is 65.7 Å². The van der Waals surface area contributed by atoms with Crippen molar-refractivity contribution >= 4 is 21.6 Å². The number of hydrogen-bond donors (Lipinski definition) is 1. The number of methoxy groups -OCH3 is 1. The maximum atomic E-state index is 12.6. The van der Waals surface area contributed by atoms with Gasteiger partial charge >= 0.3 is 0 Å². The third kappa shape index (κ3) is 2.54. The van der Waals surface area contributed by atoms with E-state index in [0.29, 0.717) is 11.4 Å². The lowest BCUT2D eigenvalue weighted by Gasteiger charge is -2.17. The van der Waals surface area contributed by atoms with Gasteiger partial charge in [-0.2, -0.15) is 0 Å². The number of carbonyl (C=O) groups is 1. The van der Waals surface area contributed by atoms with Crippen molar-refractivity contribution < 1.29 is 22.8 Å². The lowest BCUT2D eigenvalue weighted by molar-refractivity contribution is 0.0389. The molecule has 0 saturated carbocycles. The van der Waals surface area contributed by atoms with Gasteiger partial charge in [0.2, 0.25) is 0 Å². The highest BCUT2D eigenvalue weighted by molar-refractivity contribution is 7.90. The molecule has 0 bridgehead atoms. The van der Waals surface area contributed by atoms with Gasteiger partial charge in [0.15, 0.2) is 0 Å². The Morgan fingerprint density at radius 3 is 2.54 bits per heavy atom. The Hall–Kier alpha value is -2.84. The molecule has 8 heteroatoms. The Bertz CT molecular complexity index is 1020. The summed E-state index contributed by atoms with van der Waals surface area (Å²) in [7, 11) is -2.29. The molecule has 1 amide bonds. The molecule has 4 rings (SSSR count). The van der Waals surface area contributed by atoms with Gasteiger partial charge in [0, 0.05) is 5.56 Å². The molecular formula is C18H16N2O5S. The van der Waals surface area contributed by atoms with Crippen molar-refractivity contribution in [3.8, 4) is 5.75 Å². The first-order chi connectivity index (χ1) is 12.5. The zero-order valence-electron chi connectivity index (χ0n) is 13.9. The Morgan fingerprint density at radius 2 is 1.81 bits per heavy atom. The summed E-state index contributed by atoms with van der Waals surface area (Å²) in [6, 6.07) is 13.6. The summed E-state index contributed by atoms with van der Waals surface area (Å²) in [4.78, 5) is 18.0. The second kappa shape index (κ2) is 6.15. The minimum Gasteiger partial charge on any atom is -0.496 e. The maximum absolute atomic E-state index is 12.6. The highest BCUT2D eigenvalue weighted by Crippen LogP contribution is 2.32. The molecule has 0 unspecified atom stereocenters. The molecule has 0 saturated heterocycles. The number of amides is 1. The molecule has 2 aromatic rings. The SMILES string of the molecule is COc1ccccc1C1=C[C@@H](CN2C(=O)c3ccccc3S2(=O)=O)ON1. The van der Waals surface area contributed by atoms with Crippen LogP contribution < -0.4 is 10.2 Å². The number of sulfonamides is 1. The molecule has 0 aromatic heterocycles. The number of benzene rings is 2. The molecule has 134 valence electrons. The number of hydrogen-bond acceptors (Lipinski definition) is 6. The zero-order valence-corrected chi connectivity index (χ0v) is 14.7. The first-order valence-corrected chi connectivity index (χ1v) is 9.39. The molecule has 0 aliphatic carbocycles. The van der Waals surface area contributed by atoms with Crippen molar-refractivity contribution in [2.24, 2.45) is 0 Å². The number of nitrogens with one attached hydrogen (secondary N) is 1. The highest BCUT2D eigenvalue weighted by Gasteiger charge is 2.42. The predicted molar refractivity (Wildman–Crippen MR) is 93.6 cm³/mol. The Labute approximate surface area is 150 Å². The van der Waals surface area contributed by atoms with Gasteiger partial charge in [0.25, 0.3) is 15.9 Å². The smallest absolute Gasteiger partial charge is 0.269 e. The van der Waals surface area contributed by atoms with E-state index < -0.39 is 22.0 Å². The van der Waals surface area contributed by atoms with Gasteiger partial charge < -0.3 is 4.74 Å². The first-order valence-electron chi connectivity index (χ1n) is 7.95. The van der Waals surface area contributed by atoms with Crippen LogP contribution in [-0.4, -0.2) is 38.4 Å². The Balaban J connectivity index is 1.60. The van der Waals surface area contributed by atoms with Crippen molar-refractivity contribution in [3.63, 3.8) is 0 Å². The molecule has 0 fully saturated rings. The van der Waals surface area contributed by atoms with Crippen LogP contribution in [-0.2, 0) is 14.9 Å². The van der Waals surface area contributed by atoms with Gasteiger partial charge in [-0.3, -0.25) is 15.1 Å². The minimum atomic E-state index is -3.86. The fourth-order valence-corrected chi connectivity index (χ4v) is 4.65. The van der Waals surface area contributed by atoms with E-state index in [0.717, 1.165) is 9.87 Å². The average molecular weight is 372 g/mol. The van der Waals surface area contributed by atoms with Crippen LogP contribution in [0.3, 0.4) is 0 Å². The number of fused-ring (bicyclic) bond motifs is 1. The molecular weight excluding hydrogens is 356 g/mol. The molecule has 0 radical (unpaired) electrons. The van der Waals surface area contributed by atoms with Crippen LogP contribution >= 0.6 is 0 Å². The van der Waals surface area contributed by atoms with Crippen molar-refractivity contribution in [2.45, 2.75) is 11.0 Å². The normalized spacial score (nSPS) is 20.5. The summed E-state index contributed by atoms with van der Waals surface area (Å²) in [5.74, 6) is 0.121. The molecule has 0 spiro atoms. The lowest BCUT2D eigenvalue weighted by atomic mass is 10.1. The van der Waals surface area contributed by atoms with Gasteiger partial charge in [-0.1, -0.05) is 24.3 Å². The largest absolute Gasteiger partial charge is 0.496 e. The number of para-hydroxylation sites is 1. The summed E-state index contributed by atoms with van der Waals surface area (Å²) in [6.07, 6.45) is 1.13. The molecule has 2 heterocycles. The van der Waals surface area contributed by atoms with Gasteiger partial charge in [0.05, 0.1) is 24.9 Å². The quantitative estimate of drug-likeness (QED) is 0.881. The van der Waals surface area contributed by atoms with Gasteiger partial charge in [-0.05, 0) is 30.3 Å². The van der Waals surface area contributed by atoms with E-state index in [1.807, 2.05) is 24.3 Å². The highest BCUT2D eigenvalue weighted by atomic mass is 32.2. The van der Waals surface area contributed by atoms with E-state index in [9.17, 15) is 13.2 Å². The lowest BCUT2D eigenvalue weighted by Crippen LogP contribution is -2.37. The number of nitrogens with zero attached hydrogens (tertiary/aromatic N) is 1. The summed E-state index contributed by atoms with van der Waals surface area (Å²) < 4.78 is 31.4. The predicted octanol–water partition coefficient (Wildman–Crippen LogP) is 1.78. The maximum Gasteiger partial charge on any atom is 0.269 e. The van der Waals surface area contributed by atoms with E-state index in [4.69, 9.17) is 9.57 Å². The number of hydroxylamine groups is 1. The van der Waals surface area contributed by atoms with Crippen LogP contribution in [0.15, 0.2) is 59.5 Å². The van der Waals surface area contributed by atoms with Crippen LogP contribution in [0, 0.1) is 0 Å². The summed E-state index contributed by atoms with van der Waals surface area (Å²) in [5, 5.41) is 0. The second-order valence-electron chi connectivity index (χ2n) is 5.88. The summed E-state index contributed by atoms with van der Waals surface area (Å²) >= 11 is 0. The van der Waals surface area contributed by atoms with Gasteiger partial charge in [-0.15, -0.1) is 0 Å². The van der Waals surface area contributed by atoms with E-state index in [2.05, 4.69) is 5.48 Å². The van der Waals surface area contributed by atoms with Crippen molar-refractivity contribution in [1.29, 1.82) is 0 Å². The topological polar surface area (TPSA) is 84.9 Å². The standard InChI is InChI=1S/C18H16N2O5S/c1-24-16-8-4-2-6-13(16)15-10-12(25-19-15)11-20-18(21)14-7-3-5-9-17(14)26(20,22)23/h2-10,12,19H,11H2,1H3/t12-/m0/s1. The molecule has 1 N–H and O–H groups in total. The van der Waals surface area contributed by atoms with E-state index >= 15 is 0 Å². The van der Waals surface area contributed by atoms with E-state index in [-0.39, 0.29) is 17.0 Å². The van der Waals surface area contributed by atoms with Crippen LogP contribution in [0.5, 0.6) is 5.75 Å². The van der Waals surface area contributed by atoms with Crippen LogP contribution in [0.25, 0.3) is 5.70 Å². The molecule has 2 aliphatic rings. The molecule has 2 aromatic carbocycles. The van der Waals surface area contributed by atoms with E-state index in [1.165, 1.54) is 12.1 Å². The molecule has 1 atom stereocenters. The number of ether oxygens (including phenoxy) is 1. The molecule has 7 nitrogen and oxygen atoms in total. The number of carbonyl (C=O) groups excluding carboxylic acids is 1. The summed E-state index contributed by atoms with van der Waals surface area (Å²) in [5.41, 5.74) is 4.42. The fourth-order valence-electron chi connectivity index (χ4n) is 3.07.